The van der Waals surface area contributed by atoms with Crippen molar-refractivity contribution in [1.29, 1.82) is 0 Å². The molecular weight excluding hydrogens is 906 g/mol. The van der Waals surface area contributed by atoms with Crippen molar-refractivity contribution in [3.63, 3.8) is 0 Å². The van der Waals surface area contributed by atoms with Gasteiger partial charge in [0.05, 0.1) is 27.7 Å². The van der Waals surface area contributed by atoms with Gasteiger partial charge in [-0.25, -0.2) is 0 Å². The molecular formula is C61H114NO8P. The second-order valence-electron chi connectivity index (χ2n) is 21.4. The summed E-state index contributed by atoms with van der Waals surface area (Å²) in [7, 11) is 1.16. The van der Waals surface area contributed by atoms with Crippen molar-refractivity contribution < 1.29 is 42.1 Å². The van der Waals surface area contributed by atoms with Gasteiger partial charge in [0.2, 0.25) is 0 Å². The third kappa shape index (κ3) is 57.1. The first-order valence-corrected chi connectivity index (χ1v) is 31.3. The Morgan fingerprint density at radius 1 is 0.437 bits per heavy atom. The first-order valence-electron chi connectivity index (χ1n) is 29.8. The van der Waals surface area contributed by atoms with Gasteiger partial charge in [-0.3, -0.25) is 14.2 Å². The van der Waals surface area contributed by atoms with Crippen LogP contribution in [0, 0.1) is 0 Å². The van der Waals surface area contributed by atoms with Gasteiger partial charge >= 0.3 is 11.9 Å². The largest absolute Gasteiger partial charge is 0.756 e. The van der Waals surface area contributed by atoms with Gasteiger partial charge in [0.25, 0.3) is 7.82 Å². The first-order chi connectivity index (χ1) is 34.5. The van der Waals surface area contributed by atoms with E-state index in [0.29, 0.717) is 23.9 Å². The topological polar surface area (TPSA) is 111 Å². The molecule has 0 aliphatic carbocycles. The summed E-state index contributed by atoms with van der Waals surface area (Å²) in [4.78, 5) is 37.8. The molecule has 10 heteroatoms. The summed E-state index contributed by atoms with van der Waals surface area (Å²) in [5.41, 5.74) is 0. The number of carbonyl (C=O) groups excluding carboxylic acids is 2. The van der Waals surface area contributed by atoms with Gasteiger partial charge in [0, 0.05) is 12.8 Å². The molecule has 0 rings (SSSR count). The van der Waals surface area contributed by atoms with Crippen molar-refractivity contribution in [2.24, 2.45) is 0 Å². The summed E-state index contributed by atoms with van der Waals surface area (Å²) in [5, 5.41) is 0. The highest BCUT2D eigenvalue weighted by atomic mass is 31.2. The Bertz CT molecular complexity index is 1340. The molecule has 0 amide bonds. The van der Waals surface area contributed by atoms with E-state index in [4.69, 9.17) is 18.5 Å². The molecule has 71 heavy (non-hydrogen) atoms. The number of unbranched alkanes of at least 4 members (excludes halogenated alkanes) is 33. The number of carbonyl (C=O) groups is 2. The van der Waals surface area contributed by atoms with Crippen molar-refractivity contribution in [3.8, 4) is 0 Å². The summed E-state index contributed by atoms with van der Waals surface area (Å²) in [6.07, 6.45) is 66.0. The number of allylic oxidation sites excluding steroid dienone is 8. The van der Waals surface area contributed by atoms with E-state index in [9.17, 15) is 19.0 Å². The van der Waals surface area contributed by atoms with Crippen molar-refractivity contribution in [3.05, 3.63) is 48.6 Å². The van der Waals surface area contributed by atoms with Crippen LogP contribution < -0.4 is 4.89 Å². The maximum absolute atomic E-state index is 12.8. The van der Waals surface area contributed by atoms with E-state index in [1.165, 1.54) is 173 Å². The van der Waals surface area contributed by atoms with E-state index in [0.717, 1.165) is 64.2 Å². The summed E-state index contributed by atoms with van der Waals surface area (Å²) >= 11 is 0. The van der Waals surface area contributed by atoms with E-state index in [1.807, 2.05) is 21.1 Å². The number of rotatable bonds is 55. The highest BCUT2D eigenvalue weighted by Crippen LogP contribution is 2.38. The van der Waals surface area contributed by atoms with Crippen molar-refractivity contribution in [2.45, 2.75) is 283 Å². The Labute approximate surface area is 439 Å². The van der Waals surface area contributed by atoms with Crippen LogP contribution >= 0.6 is 7.82 Å². The first kappa shape index (κ1) is 69.0. The monoisotopic (exact) mass is 1020 g/mol. The number of hydrogen-bond acceptors (Lipinski definition) is 8. The average Bonchev–Trinajstić information content (AvgIpc) is 3.33. The van der Waals surface area contributed by atoms with Crippen LogP contribution in [0.1, 0.15) is 277 Å². The Kier molecular flexibility index (Phi) is 51.3. The van der Waals surface area contributed by atoms with Crippen molar-refractivity contribution in [1.82, 2.24) is 0 Å². The van der Waals surface area contributed by atoms with Crippen molar-refractivity contribution >= 4 is 19.8 Å². The Balaban J connectivity index is 4.06. The maximum Gasteiger partial charge on any atom is 0.306 e. The quantitative estimate of drug-likeness (QED) is 0.0195. The molecule has 0 aliphatic rings. The number of likely N-dealkylation sites (N-methyl/N-ethyl adjacent to an activating group) is 1. The fraction of sp³-hybridized carbons (Fsp3) is 0.836. The maximum atomic E-state index is 12.8. The molecule has 0 aromatic carbocycles. The molecule has 0 heterocycles. The summed E-state index contributed by atoms with van der Waals surface area (Å²) in [5.74, 6) is -0.840. The molecule has 9 nitrogen and oxygen atoms in total. The fourth-order valence-corrected chi connectivity index (χ4v) is 9.15. The van der Waals surface area contributed by atoms with E-state index in [1.54, 1.807) is 0 Å². The Morgan fingerprint density at radius 2 is 0.761 bits per heavy atom. The lowest BCUT2D eigenvalue weighted by Gasteiger charge is -2.28. The summed E-state index contributed by atoms with van der Waals surface area (Å²) in [6.45, 7) is 4.22. The lowest BCUT2D eigenvalue weighted by Crippen LogP contribution is -2.37. The van der Waals surface area contributed by atoms with E-state index >= 15 is 0 Å². The van der Waals surface area contributed by atoms with Crippen LogP contribution in [0.2, 0.25) is 0 Å². The predicted molar refractivity (Wildman–Crippen MR) is 300 cm³/mol. The molecule has 0 saturated carbocycles. The van der Waals surface area contributed by atoms with Crippen LogP contribution in [-0.2, 0) is 32.7 Å². The van der Waals surface area contributed by atoms with Gasteiger partial charge in [0.1, 0.15) is 19.8 Å². The van der Waals surface area contributed by atoms with Crippen LogP contribution in [0.15, 0.2) is 48.6 Å². The Morgan fingerprint density at radius 3 is 1.13 bits per heavy atom. The zero-order valence-corrected chi connectivity index (χ0v) is 48.1. The van der Waals surface area contributed by atoms with Crippen LogP contribution in [0.3, 0.4) is 0 Å². The smallest absolute Gasteiger partial charge is 0.306 e. The summed E-state index contributed by atoms with van der Waals surface area (Å²) < 4.78 is 34.1. The standard InChI is InChI=1S/C61H114NO8P/c1-6-8-10-12-14-16-18-20-22-24-25-26-27-28-29-30-31-32-33-34-35-36-37-38-40-42-44-46-48-50-52-54-61(64)70-59(58-69-71(65,66)68-56-55-62(3,4)5)57-67-60(63)53-51-49-47-45-43-41-39-23-21-19-17-15-13-11-9-7-2/h17-20,23-25,39,59H,6-16,21-22,26-38,40-58H2,1-5H3/b19-17-,20-18-,25-24-,39-23-. The van der Waals surface area contributed by atoms with Crippen LogP contribution in [0.25, 0.3) is 0 Å². The minimum atomic E-state index is -4.64. The normalized spacial score (nSPS) is 13.6. The van der Waals surface area contributed by atoms with Crippen LogP contribution in [-0.4, -0.2) is 70.0 Å². The number of nitrogens with zero attached hydrogens (tertiary/aromatic N) is 1. The molecule has 0 saturated heterocycles. The lowest BCUT2D eigenvalue weighted by molar-refractivity contribution is -0.870. The zero-order valence-electron chi connectivity index (χ0n) is 47.2. The minimum absolute atomic E-state index is 0.0327. The predicted octanol–water partition coefficient (Wildman–Crippen LogP) is 17.9. The Hall–Kier alpha value is -2.03. The van der Waals surface area contributed by atoms with Crippen molar-refractivity contribution in [2.75, 3.05) is 47.5 Å². The fourth-order valence-electron chi connectivity index (χ4n) is 8.42. The number of hydrogen-bond donors (Lipinski definition) is 0. The van der Waals surface area contributed by atoms with Gasteiger partial charge in [-0.2, -0.15) is 0 Å². The molecule has 0 radical (unpaired) electrons. The van der Waals surface area contributed by atoms with E-state index in [2.05, 4.69) is 62.5 Å². The number of phosphoric ester groups is 1. The molecule has 0 N–H and O–H groups in total. The summed E-state index contributed by atoms with van der Waals surface area (Å²) in [6, 6.07) is 0. The van der Waals surface area contributed by atoms with Gasteiger partial charge in [0.15, 0.2) is 6.10 Å². The molecule has 0 fully saturated rings. The number of ether oxygens (including phenoxy) is 2. The van der Waals surface area contributed by atoms with Gasteiger partial charge in [-0.1, -0.05) is 236 Å². The molecule has 416 valence electrons. The van der Waals surface area contributed by atoms with Gasteiger partial charge in [-0.15, -0.1) is 0 Å². The highest BCUT2D eigenvalue weighted by molar-refractivity contribution is 7.45. The van der Waals surface area contributed by atoms with E-state index in [-0.39, 0.29) is 26.1 Å². The number of esters is 2. The minimum Gasteiger partial charge on any atom is -0.756 e. The molecule has 0 spiro atoms. The van der Waals surface area contributed by atoms with Crippen LogP contribution in [0.5, 0.6) is 0 Å². The van der Waals surface area contributed by atoms with Gasteiger partial charge in [-0.05, 0) is 77.0 Å². The molecule has 0 aromatic heterocycles. The van der Waals surface area contributed by atoms with Gasteiger partial charge < -0.3 is 27.9 Å². The van der Waals surface area contributed by atoms with Crippen LogP contribution in [0.4, 0.5) is 0 Å². The highest BCUT2D eigenvalue weighted by Gasteiger charge is 2.22. The second kappa shape index (κ2) is 52.8. The molecule has 0 bridgehead atoms. The third-order valence-electron chi connectivity index (χ3n) is 13.1. The molecule has 2 unspecified atom stereocenters. The zero-order chi connectivity index (χ0) is 52.0. The third-order valence-corrected chi connectivity index (χ3v) is 14.0. The molecule has 0 aromatic rings. The average molecular weight is 1020 g/mol. The molecule has 0 aliphatic heterocycles. The molecule has 2 atom stereocenters. The second-order valence-corrected chi connectivity index (χ2v) is 22.8. The van der Waals surface area contributed by atoms with E-state index < -0.39 is 32.5 Å². The number of phosphoric acid groups is 1. The SMILES string of the molecule is CCCCCC/C=C\C/C=C\CCCCCCCC(=O)OCC(COP(=O)([O-])OCC[N+](C)(C)C)OC(=O)CCCCCCCCCCCCCCCCCCCCC/C=C\C/C=C\CCCCCCC. The number of quaternary nitrogens is 1. The lowest BCUT2D eigenvalue weighted by atomic mass is 10.0.